The Morgan fingerprint density at radius 3 is 2.21 bits per heavy atom. The summed E-state index contributed by atoms with van der Waals surface area (Å²) in [7, 11) is -4.12. The van der Waals surface area contributed by atoms with Crippen molar-refractivity contribution in [3.8, 4) is 0 Å². The maximum atomic E-state index is 13.5. The van der Waals surface area contributed by atoms with E-state index in [1.807, 2.05) is 6.92 Å². The fourth-order valence-electron chi connectivity index (χ4n) is 3.23. The maximum absolute atomic E-state index is 13.5. The van der Waals surface area contributed by atoms with Gasteiger partial charge in [0, 0.05) is 5.69 Å². The Morgan fingerprint density at radius 1 is 0.971 bits per heavy atom. The summed E-state index contributed by atoms with van der Waals surface area (Å²) in [6.45, 7) is 4.94. The Bertz CT molecular complexity index is 1290. The van der Waals surface area contributed by atoms with Crippen LogP contribution in [0.4, 0.5) is 15.8 Å². The molecule has 0 heterocycles. The van der Waals surface area contributed by atoms with Crippen LogP contribution in [0.5, 0.6) is 0 Å². The number of rotatable bonds is 8. The summed E-state index contributed by atoms with van der Waals surface area (Å²) in [5, 5.41) is 2.68. The molecule has 1 amide bonds. The van der Waals surface area contributed by atoms with Gasteiger partial charge >= 0.3 is 5.97 Å². The lowest BCUT2D eigenvalue weighted by Gasteiger charge is -2.24. The molecule has 0 bridgehead atoms. The molecule has 0 aliphatic carbocycles. The minimum Gasteiger partial charge on any atom is -0.462 e. The predicted octanol–water partition coefficient (Wildman–Crippen LogP) is 4.45. The van der Waals surface area contributed by atoms with Crippen LogP contribution in [-0.4, -0.2) is 33.4 Å². The molecule has 0 atom stereocenters. The molecule has 0 aliphatic rings. The van der Waals surface area contributed by atoms with E-state index in [2.05, 4.69) is 5.32 Å². The first-order valence-electron chi connectivity index (χ1n) is 10.5. The van der Waals surface area contributed by atoms with Crippen LogP contribution in [0.1, 0.15) is 28.4 Å². The van der Waals surface area contributed by atoms with E-state index in [0.29, 0.717) is 16.8 Å². The number of esters is 1. The normalized spacial score (nSPS) is 11.1. The minimum absolute atomic E-state index is 0.00481. The van der Waals surface area contributed by atoms with Gasteiger partial charge in [-0.05, 0) is 80.9 Å². The zero-order valence-corrected chi connectivity index (χ0v) is 19.9. The van der Waals surface area contributed by atoms with Crippen molar-refractivity contribution >= 4 is 33.3 Å². The van der Waals surface area contributed by atoms with Crippen molar-refractivity contribution < 1.29 is 27.1 Å². The lowest BCUT2D eigenvalue weighted by molar-refractivity contribution is -0.114. The van der Waals surface area contributed by atoms with Crippen molar-refractivity contribution in [2.75, 3.05) is 22.8 Å². The molecule has 0 saturated heterocycles. The van der Waals surface area contributed by atoms with Gasteiger partial charge < -0.3 is 10.1 Å². The zero-order valence-electron chi connectivity index (χ0n) is 19.0. The number of anilines is 2. The highest BCUT2D eigenvalue weighted by molar-refractivity contribution is 7.92. The first-order valence-corrected chi connectivity index (χ1v) is 12.0. The molecule has 178 valence electrons. The van der Waals surface area contributed by atoms with E-state index < -0.39 is 34.3 Å². The Morgan fingerprint density at radius 2 is 1.62 bits per heavy atom. The number of sulfonamides is 1. The van der Waals surface area contributed by atoms with E-state index >= 15 is 0 Å². The maximum Gasteiger partial charge on any atom is 0.338 e. The van der Waals surface area contributed by atoms with Crippen LogP contribution in [0.15, 0.2) is 71.6 Å². The highest BCUT2D eigenvalue weighted by Gasteiger charge is 2.27. The van der Waals surface area contributed by atoms with Crippen LogP contribution in [0, 0.1) is 19.7 Å². The summed E-state index contributed by atoms with van der Waals surface area (Å²) in [4.78, 5) is 24.8. The van der Waals surface area contributed by atoms with Gasteiger partial charge in [-0.2, -0.15) is 0 Å². The Kier molecular flexibility index (Phi) is 7.68. The number of nitrogens with zero attached hydrogens (tertiary/aromatic N) is 1. The van der Waals surface area contributed by atoms with Gasteiger partial charge in [0.25, 0.3) is 10.0 Å². The number of ether oxygens (including phenoxy) is 1. The Balaban J connectivity index is 1.88. The van der Waals surface area contributed by atoms with E-state index in [4.69, 9.17) is 4.74 Å². The lowest BCUT2D eigenvalue weighted by atomic mass is 10.1. The van der Waals surface area contributed by atoms with Crippen molar-refractivity contribution in [2.45, 2.75) is 25.7 Å². The largest absolute Gasteiger partial charge is 0.462 e. The Hall–Kier alpha value is -3.72. The first-order chi connectivity index (χ1) is 16.1. The van der Waals surface area contributed by atoms with Gasteiger partial charge in [0.1, 0.15) is 12.4 Å². The Labute approximate surface area is 198 Å². The molecule has 3 aromatic carbocycles. The van der Waals surface area contributed by atoms with E-state index in [0.717, 1.165) is 22.0 Å². The van der Waals surface area contributed by atoms with Crippen molar-refractivity contribution in [3.05, 3.63) is 89.2 Å². The molecular weight excluding hydrogens is 459 g/mol. The molecule has 3 rings (SSSR count). The number of carbonyl (C=O) groups excluding carboxylic acids is 2. The molecule has 0 aliphatic heterocycles. The molecule has 0 unspecified atom stereocenters. The summed E-state index contributed by atoms with van der Waals surface area (Å²) >= 11 is 0. The van der Waals surface area contributed by atoms with Crippen LogP contribution >= 0.6 is 0 Å². The summed E-state index contributed by atoms with van der Waals surface area (Å²) < 4.78 is 46.1. The lowest BCUT2D eigenvalue weighted by Crippen LogP contribution is -2.38. The highest BCUT2D eigenvalue weighted by Crippen LogP contribution is 2.25. The molecule has 7 nitrogen and oxygen atoms in total. The monoisotopic (exact) mass is 484 g/mol. The van der Waals surface area contributed by atoms with Crippen LogP contribution in [-0.2, 0) is 19.6 Å². The van der Waals surface area contributed by atoms with Gasteiger partial charge in [0.2, 0.25) is 5.91 Å². The van der Waals surface area contributed by atoms with Crippen molar-refractivity contribution in [2.24, 2.45) is 0 Å². The summed E-state index contributed by atoms with van der Waals surface area (Å²) in [5.74, 6) is -1.61. The average molecular weight is 485 g/mol. The molecular formula is C25H25FN2O5S. The van der Waals surface area contributed by atoms with E-state index in [1.165, 1.54) is 30.3 Å². The van der Waals surface area contributed by atoms with E-state index in [-0.39, 0.29) is 17.2 Å². The molecule has 0 saturated carbocycles. The molecule has 34 heavy (non-hydrogen) atoms. The molecule has 0 aromatic heterocycles. The average Bonchev–Trinajstić information content (AvgIpc) is 2.80. The third-order valence-corrected chi connectivity index (χ3v) is 6.81. The van der Waals surface area contributed by atoms with Crippen LogP contribution < -0.4 is 9.62 Å². The molecule has 1 N–H and O–H groups in total. The molecule has 0 radical (unpaired) electrons. The third kappa shape index (κ3) is 5.79. The molecule has 3 aromatic rings. The number of aryl methyl sites for hydroxylation is 2. The zero-order chi connectivity index (χ0) is 24.9. The molecule has 0 fully saturated rings. The van der Waals surface area contributed by atoms with Crippen LogP contribution in [0.3, 0.4) is 0 Å². The fourth-order valence-corrected chi connectivity index (χ4v) is 4.65. The molecule has 9 heteroatoms. The number of benzene rings is 3. The highest BCUT2D eigenvalue weighted by atomic mass is 32.2. The number of nitrogens with one attached hydrogen (secondary N) is 1. The molecule has 0 spiro atoms. The number of amides is 1. The number of hydrogen-bond acceptors (Lipinski definition) is 5. The second kappa shape index (κ2) is 10.5. The smallest absolute Gasteiger partial charge is 0.338 e. The second-order valence-electron chi connectivity index (χ2n) is 7.60. The van der Waals surface area contributed by atoms with Gasteiger partial charge in [-0.15, -0.1) is 0 Å². The van der Waals surface area contributed by atoms with Crippen molar-refractivity contribution in [1.29, 1.82) is 0 Å². The fraction of sp³-hybridized carbons (Fsp3) is 0.200. The summed E-state index contributed by atoms with van der Waals surface area (Å²) in [6, 6.07) is 15.7. The summed E-state index contributed by atoms with van der Waals surface area (Å²) in [5.41, 5.74) is 2.39. The van der Waals surface area contributed by atoms with E-state index in [1.54, 1.807) is 38.1 Å². The van der Waals surface area contributed by atoms with E-state index in [9.17, 15) is 22.4 Å². The van der Waals surface area contributed by atoms with Gasteiger partial charge in [-0.3, -0.25) is 9.10 Å². The van der Waals surface area contributed by atoms with Gasteiger partial charge in [0.05, 0.1) is 22.8 Å². The van der Waals surface area contributed by atoms with Crippen molar-refractivity contribution in [1.82, 2.24) is 0 Å². The van der Waals surface area contributed by atoms with Crippen LogP contribution in [0.2, 0.25) is 0 Å². The second-order valence-corrected chi connectivity index (χ2v) is 9.46. The van der Waals surface area contributed by atoms with Gasteiger partial charge in [0.15, 0.2) is 0 Å². The SMILES string of the molecule is CCOC(=O)c1ccc(NC(=O)CN(c2ccc(F)cc2)S(=O)(=O)c2ccc(C)cc2)c(C)c1. The third-order valence-electron chi connectivity index (χ3n) is 5.02. The van der Waals surface area contributed by atoms with Crippen molar-refractivity contribution in [3.63, 3.8) is 0 Å². The van der Waals surface area contributed by atoms with Crippen LogP contribution in [0.25, 0.3) is 0 Å². The minimum atomic E-state index is -4.12. The van der Waals surface area contributed by atoms with Gasteiger partial charge in [-0.25, -0.2) is 17.6 Å². The first kappa shape index (κ1) is 24.9. The quantitative estimate of drug-likeness (QED) is 0.477. The number of carbonyl (C=O) groups is 2. The predicted molar refractivity (Wildman–Crippen MR) is 128 cm³/mol. The standard InChI is InChI=1S/C25H25FN2O5S/c1-4-33-25(30)19-7-14-23(18(3)15-19)27-24(29)16-28(21-10-8-20(26)9-11-21)34(31,32)22-12-5-17(2)6-13-22/h5-15H,4,16H2,1-3H3,(H,27,29). The van der Waals surface area contributed by atoms with Gasteiger partial charge in [-0.1, -0.05) is 17.7 Å². The number of halogens is 1. The topological polar surface area (TPSA) is 92.8 Å². The number of hydrogen-bond donors (Lipinski definition) is 1. The summed E-state index contributed by atoms with van der Waals surface area (Å²) in [6.07, 6.45) is 0.